The van der Waals surface area contributed by atoms with Gasteiger partial charge in [0, 0.05) is 18.7 Å². The van der Waals surface area contributed by atoms with E-state index < -0.39 is 0 Å². The zero-order valence-electron chi connectivity index (χ0n) is 15.7. The summed E-state index contributed by atoms with van der Waals surface area (Å²) in [5.41, 5.74) is 2.55. The van der Waals surface area contributed by atoms with Crippen molar-refractivity contribution in [1.29, 1.82) is 0 Å². The molecule has 2 aromatic carbocycles. The fourth-order valence-corrected chi connectivity index (χ4v) is 3.38. The number of amides is 1. The summed E-state index contributed by atoms with van der Waals surface area (Å²) in [5, 5.41) is 6.20. The first-order valence-corrected chi connectivity index (χ1v) is 9.58. The van der Waals surface area contributed by atoms with E-state index in [1.54, 1.807) is 31.4 Å². The Bertz CT molecular complexity index is 799. The first-order chi connectivity index (χ1) is 13.1. The fourth-order valence-electron chi connectivity index (χ4n) is 3.18. The van der Waals surface area contributed by atoms with Crippen LogP contribution >= 0.6 is 12.2 Å². The number of benzene rings is 2. The molecule has 142 valence electrons. The summed E-state index contributed by atoms with van der Waals surface area (Å²) in [6.45, 7) is 4.36. The van der Waals surface area contributed by atoms with Gasteiger partial charge in [0.05, 0.1) is 18.5 Å². The number of hydrogen-bond donors (Lipinski definition) is 2. The first kappa shape index (κ1) is 19.2. The predicted molar refractivity (Wildman–Crippen MR) is 114 cm³/mol. The molecule has 0 unspecified atom stereocenters. The zero-order valence-corrected chi connectivity index (χ0v) is 16.5. The van der Waals surface area contributed by atoms with E-state index in [9.17, 15) is 4.79 Å². The van der Waals surface area contributed by atoms with Gasteiger partial charge >= 0.3 is 0 Å². The van der Waals surface area contributed by atoms with Gasteiger partial charge in [-0.3, -0.25) is 10.1 Å². The van der Waals surface area contributed by atoms with Gasteiger partial charge in [-0.25, -0.2) is 0 Å². The van der Waals surface area contributed by atoms with E-state index >= 15 is 0 Å². The third kappa shape index (κ3) is 4.98. The van der Waals surface area contributed by atoms with Gasteiger partial charge in [-0.2, -0.15) is 0 Å². The van der Waals surface area contributed by atoms with Gasteiger partial charge in [-0.15, -0.1) is 0 Å². The number of nitrogens with zero attached hydrogens (tertiary/aromatic N) is 1. The number of piperidine rings is 1. The number of ether oxygens (including phenoxy) is 1. The van der Waals surface area contributed by atoms with Crippen molar-refractivity contribution in [3.05, 3.63) is 54.1 Å². The lowest BCUT2D eigenvalue weighted by Gasteiger charge is -2.33. The number of hydrogen-bond acceptors (Lipinski definition) is 4. The molecule has 1 amide bonds. The van der Waals surface area contributed by atoms with Crippen LogP contribution in [0.3, 0.4) is 0 Å². The number of rotatable bonds is 4. The minimum Gasteiger partial charge on any atom is -0.497 e. The fraction of sp³-hybridized carbons (Fsp3) is 0.333. The molecule has 1 heterocycles. The third-order valence-electron chi connectivity index (χ3n) is 4.86. The molecule has 0 bridgehead atoms. The topological polar surface area (TPSA) is 53.6 Å². The number of para-hydroxylation sites is 2. The number of carbonyl (C=O) groups is 1. The van der Waals surface area contributed by atoms with Crippen LogP contribution in [0.15, 0.2) is 48.5 Å². The van der Waals surface area contributed by atoms with Crippen molar-refractivity contribution in [3.63, 3.8) is 0 Å². The van der Waals surface area contributed by atoms with E-state index in [-0.39, 0.29) is 11.0 Å². The van der Waals surface area contributed by atoms with Crippen LogP contribution in [0.4, 0.5) is 11.4 Å². The molecule has 1 aliphatic heterocycles. The SMILES string of the molecule is COc1ccc(C(=O)NC(=S)Nc2ccccc2N2CCC(C)CC2)cc1. The van der Waals surface area contributed by atoms with E-state index in [1.165, 1.54) is 12.8 Å². The second kappa shape index (κ2) is 8.86. The summed E-state index contributed by atoms with van der Waals surface area (Å²) < 4.78 is 5.11. The number of methoxy groups -OCH3 is 1. The minimum absolute atomic E-state index is 0.251. The second-order valence-electron chi connectivity index (χ2n) is 6.82. The van der Waals surface area contributed by atoms with Crippen LogP contribution in [0.25, 0.3) is 0 Å². The summed E-state index contributed by atoms with van der Waals surface area (Å²) >= 11 is 5.35. The molecule has 2 aromatic rings. The van der Waals surface area contributed by atoms with Crippen LogP contribution in [0, 0.1) is 5.92 Å². The molecule has 0 aromatic heterocycles. The number of thiocarbonyl (C=S) groups is 1. The Morgan fingerprint density at radius 1 is 1.11 bits per heavy atom. The van der Waals surface area contributed by atoms with E-state index in [4.69, 9.17) is 17.0 Å². The quantitative estimate of drug-likeness (QED) is 0.780. The smallest absolute Gasteiger partial charge is 0.257 e. The second-order valence-corrected chi connectivity index (χ2v) is 7.23. The maximum absolute atomic E-state index is 12.4. The first-order valence-electron chi connectivity index (χ1n) is 9.17. The molecule has 1 saturated heterocycles. The van der Waals surface area contributed by atoms with Crippen LogP contribution in [0.5, 0.6) is 5.75 Å². The molecule has 2 N–H and O–H groups in total. The Morgan fingerprint density at radius 3 is 2.44 bits per heavy atom. The van der Waals surface area contributed by atoms with E-state index in [0.29, 0.717) is 11.3 Å². The molecule has 0 saturated carbocycles. The Kier molecular flexibility index (Phi) is 6.29. The lowest BCUT2D eigenvalue weighted by molar-refractivity contribution is 0.0977. The maximum Gasteiger partial charge on any atom is 0.257 e. The van der Waals surface area contributed by atoms with Crippen LogP contribution in [-0.2, 0) is 0 Å². The van der Waals surface area contributed by atoms with Crippen molar-refractivity contribution in [2.75, 3.05) is 30.4 Å². The van der Waals surface area contributed by atoms with Gasteiger partial charge in [0.15, 0.2) is 5.11 Å². The molecule has 0 radical (unpaired) electrons. The van der Waals surface area contributed by atoms with Gasteiger partial charge in [0.25, 0.3) is 5.91 Å². The molecule has 0 atom stereocenters. The lowest BCUT2D eigenvalue weighted by Crippen LogP contribution is -2.36. The summed E-state index contributed by atoms with van der Waals surface area (Å²) in [5.74, 6) is 1.22. The highest BCUT2D eigenvalue weighted by Crippen LogP contribution is 2.29. The highest BCUT2D eigenvalue weighted by atomic mass is 32.1. The van der Waals surface area contributed by atoms with Crippen LogP contribution in [-0.4, -0.2) is 31.2 Å². The van der Waals surface area contributed by atoms with Crippen molar-refractivity contribution in [2.45, 2.75) is 19.8 Å². The predicted octanol–water partition coefficient (Wildman–Crippen LogP) is 4.06. The molecule has 1 aliphatic rings. The van der Waals surface area contributed by atoms with Gasteiger partial charge < -0.3 is 15.0 Å². The van der Waals surface area contributed by atoms with Crippen LogP contribution in [0.1, 0.15) is 30.1 Å². The highest BCUT2D eigenvalue weighted by Gasteiger charge is 2.18. The van der Waals surface area contributed by atoms with Crippen molar-refractivity contribution in [3.8, 4) is 5.75 Å². The Hall–Kier alpha value is -2.60. The van der Waals surface area contributed by atoms with Gasteiger partial charge in [-0.05, 0) is 67.4 Å². The van der Waals surface area contributed by atoms with E-state index in [2.05, 4.69) is 28.5 Å². The molecule has 3 rings (SSSR count). The molecule has 27 heavy (non-hydrogen) atoms. The summed E-state index contributed by atoms with van der Waals surface area (Å²) in [4.78, 5) is 14.7. The molecule has 5 nitrogen and oxygen atoms in total. The van der Waals surface area contributed by atoms with Gasteiger partial charge in [0.2, 0.25) is 0 Å². The minimum atomic E-state index is -0.251. The normalized spacial score (nSPS) is 14.5. The number of anilines is 2. The molecule has 6 heteroatoms. The largest absolute Gasteiger partial charge is 0.497 e. The molecule has 1 fully saturated rings. The van der Waals surface area contributed by atoms with Crippen LogP contribution in [0.2, 0.25) is 0 Å². The molecular weight excluding hydrogens is 358 g/mol. The highest BCUT2D eigenvalue weighted by molar-refractivity contribution is 7.80. The lowest BCUT2D eigenvalue weighted by atomic mass is 9.98. The molecule has 0 spiro atoms. The zero-order chi connectivity index (χ0) is 19.2. The Labute approximate surface area is 165 Å². The number of carbonyl (C=O) groups excluding carboxylic acids is 1. The monoisotopic (exact) mass is 383 g/mol. The van der Waals surface area contributed by atoms with Crippen molar-refractivity contribution in [1.82, 2.24) is 5.32 Å². The van der Waals surface area contributed by atoms with Gasteiger partial charge in [0.1, 0.15) is 5.75 Å². The number of nitrogens with one attached hydrogen (secondary N) is 2. The van der Waals surface area contributed by atoms with Crippen molar-refractivity contribution >= 4 is 34.6 Å². The van der Waals surface area contributed by atoms with Crippen LogP contribution < -0.4 is 20.3 Å². The van der Waals surface area contributed by atoms with Crippen molar-refractivity contribution in [2.24, 2.45) is 5.92 Å². The Morgan fingerprint density at radius 2 is 1.78 bits per heavy atom. The van der Waals surface area contributed by atoms with E-state index in [0.717, 1.165) is 30.4 Å². The third-order valence-corrected chi connectivity index (χ3v) is 5.06. The molecule has 0 aliphatic carbocycles. The Balaban J connectivity index is 1.64. The van der Waals surface area contributed by atoms with Gasteiger partial charge in [-0.1, -0.05) is 19.1 Å². The average molecular weight is 384 g/mol. The summed E-state index contributed by atoms with van der Waals surface area (Å²) in [7, 11) is 1.59. The summed E-state index contributed by atoms with van der Waals surface area (Å²) in [6.07, 6.45) is 2.37. The maximum atomic E-state index is 12.4. The standard InChI is InChI=1S/C21H25N3O2S/c1-15-11-13-24(14-12-15)19-6-4-3-5-18(19)22-21(27)23-20(25)16-7-9-17(26-2)10-8-16/h3-10,15H,11-14H2,1-2H3,(H2,22,23,25,27). The average Bonchev–Trinajstić information content (AvgIpc) is 2.69. The summed E-state index contributed by atoms with van der Waals surface area (Å²) in [6, 6.07) is 15.0. The van der Waals surface area contributed by atoms with Crippen molar-refractivity contribution < 1.29 is 9.53 Å². The van der Waals surface area contributed by atoms with E-state index in [1.807, 2.05) is 18.2 Å². The molecular formula is C21H25N3O2S.